The van der Waals surface area contributed by atoms with E-state index in [9.17, 15) is 18.3 Å². The smallest absolute Gasteiger partial charge is 0.336 e. The monoisotopic (exact) mass is 430 g/mol. The number of benzene rings is 1. The van der Waals surface area contributed by atoms with Gasteiger partial charge in [0.2, 0.25) is 10.0 Å². The summed E-state index contributed by atoms with van der Waals surface area (Å²) in [5.41, 5.74) is -0.0377. The number of piperidine rings is 2. The average molecular weight is 431 g/mol. The maximum atomic E-state index is 12.9. The summed E-state index contributed by atoms with van der Waals surface area (Å²) in [6.45, 7) is 3.21. The second-order valence-corrected chi connectivity index (χ2v) is 9.47. The Labute approximate surface area is 157 Å². The molecule has 138 valence electrons. The predicted octanol–water partition coefficient (Wildman–Crippen LogP) is 2.79. The third-order valence-electron chi connectivity index (χ3n) is 5.14. The predicted molar refractivity (Wildman–Crippen MR) is 98.3 cm³/mol. The summed E-state index contributed by atoms with van der Waals surface area (Å²) < 4.78 is 27.6. The van der Waals surface area contributed by atoms with Crippen molar-refractivity contribution in [3.05, 3.63) is 28.2 Å². The zero-order valence-electron chi connectivity index (χ0n) is 14.0. The average Bonchev–Trinajstić information content (AvgIpc) is 2.62. The van der Waals surface area contributed by atoms with Crippen molar-refractivity contribution < 1.29 is 18.3 Å². The number of hydrogen-bond acceptors (Lipinski definition) is 4. The van der Waals surface area contributed by atoms with Gasteiger partial charge in [-0.05, 0) is 72.9 Å². The van der Waals surface area contributed by atoms with Crippen molar-refractivity contribution in [2.45, 2.75) is 43.0 Å². The molecule has 1 aromatic rings. The molecule has 2 aliphatic heterocycles. The molecule has 1 aromatic carbocycles. The fourth-order valence-corrected chi connectivity index (χ4v) is 5.62. The zero-order chi connectivity index (χ0) is 18.0. The first kappa shape index (κ1) is 18.8. The van der Waals surface area contributed by atoms with Crippen LogP contribution in [-0.2, 0) is 10.0 Å². The Balaban J connectivity index is 1.71. The quantitative estimate of drug-likeness (QED) is 0.794. The van der Waals surface area contributed by atoms with Crippen molar-refractivity contribution in [1.29, 1.82) is 0 Å². The molecule has 0 spiro atoms. The van der Waals surface area contributed by atoms with E-state index in [-0.39, 0.29) is 10.5 Å². The molecule has 0 aliphatic carbocycles. The Morgan fingerprint density at radius 3 is 2.32 bits per heavy atom. The molecule has 1 N–H and O–H groups in total. The SMILES string of the molecule is O=C(O)c1cc(S(=O)(=O)N2CCC(N3CCCCC3)CC2)ccc1Br. The Morgan fingerprint density at radius 2 is 1.72 bits per heavy atom. The minimum absolute atomic E-state index is 0.0377. The van der Waals surface area contributed by atoms with Crippen molar-refractivity contribution in [3.8, 4) is 0 Å². The summed E-state index contributed by atoms with van der Waals surface area (Å²) in [4.78, 5) is 13.8. The fourth-order valence-electron chi connectivity index (χ4n) is 3.71. The van der Waals surface area contributed by atoms with E-state index in [2.05, 4.69) is 20.8 Å². The van der Waals surface area contributed by atoms with Gasteiger partial charge in [-0.25, -0.2) is 13.2 Å². The maximum Gasteiger partial charge on any atom is 0.336 e. The van der Waals surface area contributed by atoms with Gasteiger partial charge in [-0.1, -0.05) is 6.42 Å². The van der Waals surface area contributed by atoms with Crippen molar-refractivity contribution in [1.82, 2.24) is 9.21 Å². The van der Waals surface area contributed by atoms with Crippen LogP contribution in [0.5, 0.6) is 0 Å². The van der Waals surface area contributed by atoms with Gasteiger partial charge in [0, 0.05) is 23.6 Å². The van der Waals surface area contributed by atoms with Gasteiger partial charge in [-0.3, -0.25) is 0 Å². The zero-order valence-corrected chi connectivity index (χ0v) is 16.4. The van der Waals surface area contributed by atoms with Gasteiger partial charge in [0.1, 0.15) is 0 Å². The molecule has 3 rings (SSSR count). The van der Waals surface area contributed by atoms with Gasteiger partial charge >= 0.3 is 5.97 Å². The van der Waals surface area contributed by atoms with Crippen molar-refractivity contribution in [2.24, 2.45) is 0 Å². The lowest BCUT2D eigenvalue weighted by molar-refractivity contribution is 0.0695. The molecule has 0 atom stereocenters. The van der Waals surface area contributed by atoms with Crippen LogP contribution in [0.4, 0.5) is 0 Å². The van der Waals surface area contributed by atoms with Gasteiger partial charge in [0.15, 0.2) is 0 Å². The van der Waals surface area contributed by atoms with E-state index in [1.165, 1.54) is 41.8 Å². The number of likely N-dealkylation sites (tertiary alicyclic amines) is 1. The van der Waals surface area contributed by atoms with Crippen LogP contribution < -0.4 is 0 Å². The molecule has 25 heavy (non-hydrogen) atoms. The molecule has 6 nitrogen and oxygen atoms in total. The van der Waals surface area contributed by atoms with Gasteiger partial charge in [0.05, 0.1) is 10.5 Å². The first-order valence-corrected chi connectivity index (χ1v) is 10.9. The second kappa shape index (κ2) is 7.73. The number of halogens is 1. The van der Waals surface area contributed by atoms with Gasteiger partial charge in [-0.2, -0.15) is 4.31 Å². The van der Waals surface area contributed by atoms with Crippen LogP contribution in [0.25, 0.3) is 0 Å². The summed E-state index contributed by atoms with van der Waals surface area (Å²) in [6.07, 6.45) is 5.42. The van der Waals surface area contributed by atoms with E-state index in [1.807, 2.05) is 0 Å². The summed E-state index contributed by atoms with van der Waals surface area (Å²) in [7, 11) is -3.66. The topological polar surface area (TPSA) is 77.9 Å². The molecule has 0 radical (unpaired) electrons. The summed E-state index contributed by atoms with van der Waals surface area (Å²) >= 11 is 3.15. The lowest BCUT2D eigenvalue weighted by atomic mass is 10.0. The van der Waals surface area contributed by atoms with Crippen molar-refractivity contribution in [2.75, 3.05) is 26.2 Å². The second-order valence-electron chi connectivity index (χ2n) is 6.68. The summed E-state index contributed by atoms with van der Waals surface area (Å²) in [5, 5.41) is 9.20. The van der Waals surface area contributed by atoms with E-state index in [0.717, 1.165) is 25.9 Å². The summed E-state index contributed by atoms with van der Waals surface area (Å²) in [6, 6.07) is 4.64. The Morgan fingerprint density at radius 1 is 1.08 bits per heavy atom. The Hall–Kier alpha value is -0.960. The fraction of sp³-hybridized carbons (Fsp3) is 0.588. The number of sulfonamides is 1. The van der Waals surface area contributed by atoms with Crippen LogP contribution in [0.15, 0.2) is 27.6 Å². The van der Waals surface area contributed by atoms with E-state index in [1.54, 1.807) is 0 Å². The normalized spacial score (nSPS) is 21.3. The van der Waals surface area contributed by atoms with Crippen LogP contribution >= 0.6 is 15.9 Å². The minimum Gasteiger partial charge on any atom is -0.478 e. The number of aromatic carboxylic acids is 1. The molecule has 0 unspecified atom stereocenters. The third-order valence-corrected chi connectivity index (χ3v) is 7.72. The first-order chi connectivity index (χ1) is 11.9. The van der Waals surface area contributed by atoms with Crippen LogP contribution in [-0.4, -0.2) is 60.9 Å². The van der Waals surface area contributed by atoms with Crippen molar-refractivity contribution >= 4 is 31.9 Å². The first-order valence-electron chi connectivity index (χ1n) is 8.66. The highest BCUT2D eigenvalue weighted by molar-refractivity contribution is 9.10. The molecular weight excluding hydrogens is 408 g/mol. The molecule has 2 saturated heterocycles. The molecule has 2 fully saturated rings. The van der Waals surface area contributed by atoms with E-state index >= 15 is 0 Å². The molecule has 0 bridgehead atoms. The highest BCUT2D eigenvalue weighted by Gasteiger charge is 2.32. The van der Waals surface area contributed by atoms with Crippen LogP contribution in [0.2, 0.25) is 0 Å². The van der Waals surface area contributed by atoms with E-state index < -0.39 is 16.0 Å². The molecule has 2 aliphatic rings. The van der Waals surface area contributed by atoms with Gasteiger partial charge in [0.25, 0.3) is 0 Å². The lowest BCUT2D eigenvalue weighted by Gasteiger charge is -2.39. The van der Waals surface area contributed by atoms with E-state index in [0.29, 0.717) is 23.6 Å². The number of carbonyl (C=O) groups is 1. The Kier molecular flexibility index (Phi) is 5.82. The van der Waals surface area contributed by atoms with E-state index in [4.69, 9.17) is 0 Å². The van der Waals surface area contributed by atoms with Crippen LogP contribution in [0.1, 0.15) is 42.5 Å². The summed E-state index contributed by atoms with van der Waals surface area (Å²) in [5.74, 6) is -1.15. The third kappa shape index (κ3) is 4.07. The highest BCUT2D eigenvalue weighted by atomic mass is 79.9. The number of rotatable bonds is 4. The molecule has 0 saturated carbocycles. The lowest BCUT2D eigenvalue weighted by Crippen LogP contribution is -2.48. The molecule has 8 heteroatoms. The number of nitrogens with zero attached hydrogens (tertiary/aromatic N) is 2. The maximum absolute atomic E-state index is 12.9. The number of hydrogen-bond donors (Lipinski definition) is 1. The molecule has 0 aromatic heterocycles. The molecule has 0 amide bonds. The van der Waals surface area contributed by atoms with Crippen LogP contribution in [0.3, 0.4) is 0 Å². The standard InChI is InChI=1S/C17H23BrN2O4S/c18-16-5-4-14(12-15(16)17(21)22)25(23,24)20-10-6-13(7-11-20)19-8-2-1-3-9-19/h4-5,12-13H,1-3,6-11H2,(H,21,22). The van der Waals surface area contributed by atoms with Crippen LogP contribution in [0, 0.1) is 0 Å². The van der Waals surface area contributed by atoms with Gasteiger partial charge in [-0.15, -0.1) is 0 Å². The van der Waals surface area contributed by atoms with Crippen molar-refractivity contribution in [3.63, 3.8) is 0 Å². The number of carboxylic acid groups (broad SMARTS) is 1. The highest BCUT2D eigenvalue weighted by Crippen LogP contribution is 2.27. The Bertz CT molecular complexity index is 739. The van der Waals surface area contributed by atoms with Gasteiger partial charge < -0.3 is 10.0 Å². The number of carboxylic acids is 1. The molecular formula is C17H23BrN2O4S. The minimum atomic E-state index is -3.66. The largest absolute Gasteiger partial charge is 0.478 e. The molecule has 2 heterocycles.